The second kappa shape index (κ2) is 7.32. The van der Waals surface area contributed by atoms with Crippen LogP contribution in [0.1, 0.15) is 30.5 Å². The highest BCUT2D eigenvalue weighted by Crippen LogP contribution is 2.17. The zero-order valence-corrected chi connectivity index (χ0v) is 13.0. The average molecular weight is 300 g/mol. The Morgan fingerprint density at radius 3 is 2.50 bits per heavy atom. The summed E-state index contributed by atoms with van der Waals surface area (Å²) in [5.74, 6) is -0.208. The Hall–Kier alpha value is -2.00. The van der Waals surface area contributed by atoms with Crippen LogP contribution in [0.3, 0.4) is 0 Å². The molecule has 0 bridgehead atoms. The molecule has 2 nitrogen and oxygen atoms in total. The summed E-state index contributed by atoms with van der Waals surface area (Å²) in [6.07, 6.45) is 1.44. The van der Waals surface area contributed by atoms with E-state index in [4.69, 9.17) is 4.74 Å². The maximum absolute atomic E-state index is 13.9. The number of ether oxygens (including phenoxy) is 1. The quantitative estimate of drug-likeness (QED) is 0.718. The van der Waals surface area contributed by atoms with Gasteiger partial charge in [-0.2, -0.15) is 0 Å². The summed E-state index contributed by atoms with van der Waals surface area (Å²) in [6, 6.07) is 14.8. The number of benzene rings is 2. The largest absolute Gasteiger partial charge is 0.376 e. The van der Waals surface area contributed by atoms with E-state index in [0.29, 0.717) is 25.2 Å². The van der Waals surface area contributed by atoms with E-state index in [1.807, 2.05) is 50.2 Å². The smallest absolute Gasteiger partial charge is 0.127 e. The molecular weight excluding hydrogens is 279 g/mol. The van der Waals surface area contributed by atoms with Gasteiger partial charge in [0.15, 0.2) is 0 Å². The number of aldehydes is 1. The molecule has 0 saturated carbocycles. The Kier molecular flexibility index (Phi) is 5.45. The molecule has 0 fully saturated rings. The SMILES string of the molecule is CC(C)(C=O)COCc1ccc(F)c(Cc2ccccc2)c1. The molecule has 0 amide bonds. The summed E-state index contributed by atoms with van der Waals surface area (Å²) in [5.41, 5.74) is 2.14. The van der Waals surface area contributed by atoms with Crippen LogP contribution in [-0.2, 0) is 22.6 Å². The molecule has 0 N–H and O–H groups in total. The maximum Gasteiger partial charge on any atom is 0.127 e. The topological polar surface area (TPSA) is 26.3 Å². The number of hydrogen-bond donors (Lipinski definition) is 0. The van der Waals surface area contributed by atoms with Crippen molar-refractivity contribution in [3.63, 3.8) is 0 Å². The summed E-state index contributed by atoms with van der Waals surface area (Å²) in [6.45, 7) is 4.37. The Morgan fingerprint density at radius 1 is 1.09 bits per heavy atom. The molecule has 0 radical (unpaired) electrons. The van der Waals surface area contributed by atoms with E-state index in [-0.39, 0.29) is 5.82 Å². The first kappa shape index (κ1) is 16.4. The van der Waals surface area contributed by atoms with Crippen LogP contribution in [0.5, 0.6) is 0 Å². The molecular formula is C19H21FO2. The van der Waals surface area contributed by atoms with Crippen molar-refractivity contribution in [2.75, 3.05) is 6.61 Å². The maximum atomic E-state index is 13.9. The van der Waals surface area contributed by atoms with Gasteiger partial charge in [-0.05, 0) is 22.8 Å². The molecule has 116 valence electrons. The van der Waals surface area contributed by atoms with Crippen molar-refractivity contribution in [1.29, 1.82) is 0 Å². The molecule has 0 saturated heterocycles. The Balaban J connectivity index is 2.02. The lowest BCUT2D eigenvalue weighted by atomic mass is 9.97. The molecule has 0 aliphatic rings. The number of carbonyl (C=O) groups is 1. The fourth-order valence-electron chi connectivity index (χ4n) is 2.14. The van der Waals surface area contributed by atoms with E-state index in [0.717, 1.165) is 17.4 Å². The van der Waals surface area contributed by atoms with E-state index in [1.54, 1.807) is 6.07 Å². The molecule has 0 unspecified atom stereocenters. The predicted octanol–water partition coefficient (Wildman–Crippen LogP) is 4.16. The first-order valence-electron chi connectivity index (χ1n) is 7.35. The first-order valence-corrected chi connectivity index (χ1v) is 7.35. The third-order valence-electron chi connectivity index (χ3n) is 3.41. The van der Waals surface area contributed by atoms with Crippen molar-refractivity contribution < 1.29 is 13.9 Å². The summed E-state index contributed by atoms with van der Waals surface area (Å²) >= 11 is 0. The first-order chi connectivity index (χ1) is 10.5. The molecule has 22 heavy (non-hydrogen) atoms. The Morgan fingerprint density at radius 2 is 1.82 bits per heavy atom. The number of rotatable bonds is 7. The van der Waals surface area contributed by atoms with Crippen molar-refractivity contribution in [3.8, 4) is 0 Å². The van der Waals surface area contributed by atoms with Crippen molar-refractivity contribution in [1.82, 2.24) is 0 Å². The minimum Gasteiger partial charge on any atom is -0.376 e. The van der Waals surface area contributed by atoms with Gasteiger partial charge in [0.1, 0.15) is 12.1 Å². The van der Waals surface area contributed by atoms with E-state index in [2.05, 4.69) is 0 Å². The average Bonchev–Trinajstić information content (AvgIpc) is 2.51. The van der Waals surface area contributed by atoms with Gasteiger partial charge in [-0.1, -0.05) is 56.3 Å². The normalized spacial score (nSPS) is 11.4. The second-order valence-electron chi connectivity index (χ2n) is 6.19. The van der Waals surface area contributed by atoms with Crippen LogP contribution >= 0.6 is 0 Å². The number of hydrogen-bond acceptors (Lipinski definition) is 2. The van der Waals surface area contributed by atoms with Crippen LogP contribution in [0.25, 0.3) is 0 Å². The minimum atomic E-state index is -0.493. The summed E-state index contributed by atoms with van der Waals surface area (Å²) in [4.78, 5) is 10.8. The standard InChI is InChI=1S/C19H21FO2/c1-19(2,13-21)14-22-12-16-8-9-18(20)17(11-16)10-15-6-4-3-5-7-15/h3-9,11,13H,10,12,14H2,1-2H3. The summed E-state index contributed by atoms with van der Waals surface area (Å²) in [7, 11) is 0. The highest BCUT2D eigenvalue weighted by molar-refractivity contribution is 5.57. The zero-order chi connectivity index (χ0) is 16.0. The van der Waals surface area contributed by atoms with Gasteiger partial charge < -0.3 is 9.53 Å². The van der Waals surface area contributed by atoms with E-state index < -0.39 is 5.41 Å². The van der Waals surface area contributed by atoms with Crippen molar-refractivity contribution in [3.05, 3.63) is 71.0 Å². The van der Waals surface area contributed by atoms with Crippen LogP contribution in [0.4, 0.5) is 4.39 Å². The molecule has 3 heteroatoms. The summed E-state index contributed by atoms with van der Waals surface area (Å²) < 4.78 is 19.5. The monoisotopic (exact) mass is 300 g/mol. The van der Waals surface area contributed by atoms with Crippen molar-refractivity contribution in [2.24, 2.45) is 5.41 Å². The molecule has 0 aliphatic carbocycles. The van der Waals surface area contributed by atoms with Crippen LogP contribution in [0.15, 0.2) is 48.5 Å². The lowest BCUT2D eigenvalue weighted by Crippen LogP contribution is -2.20. The van der Waals surface area contributed by atoms with E-state index >= 15 is 0 Å². The molecule has 0 aromatic heterocycles. The third kappa shape index (κ3) is 4.78. The van der Waals surface area contributed by atoms with Gasteiger partial charge in [0, 0.05) is 11.8 Å². The van der Waals surface area contributed by atoms with Crippen LogP contribution in [0.2, 0.25) is 0 Å². The molecule has 2 aromatic carbocycles. The van der Waals surface area contributed by atoms with E-state index in [9.17, 15) is 9.18 Å². The van der Waals surface area contributed by atoms with Gasteiger partial charge in [-0.25, -0.2) is 4.39 Å². The molecule has 0 spiro atoms. The van der Waals surface area contributed by atoms with Gasteiger partial charge in [-0.3, -0.25) is 0 Å². The lowest BCUT2D eigenvalue weighted by Gasteiger charge is -2.16. The molecule has 2 aromatic rings. The fraction of sp³-hybridized carbons (Fsp3) is 0.316. The van der Waals surface area contributed by atoms with Gasteiger partial charge in [0.2, 0.25) is 0 Å². The number of carbonyl (C=O) groups excluding carboxylic acids is 1. The minimum absolute atomic E-state index is 0.208. The van der Waals surface area contributed by atoms with Gasteiger partial charge in [-0.15, -0.1) is 0 Å². The highest BCUT2D eigenvalue weighted by atomic mass is 19.1. The Labute approximate surface area is 130 Å². The summed E-state index contributed by atoms with van der Waals surface area (Å²) in [5, 5.41) is 0. The predicted molar refractivity (Wildman–Crippen MR) is 85.1 cm³/mol. The zero-order valence-electron chi connectivity index (χ0n) is 13.0. The van der Waals surface area contributed by atoms with Crippen molar-refractivity contribution in [2.45, 2.75) is 26.9 Å². The van der Waals surface area contributed by atoms with Gasteiger partial charge in [0.05, 0.1) is 13.2 Å². The molecule has 0 aliphatic heterocycles. The lowest BCUT2D eigenvalue weighted by molar-refractivity contribution is -0.117. The molecule has 0 heterocycles. The van der Waals surface area contributed by atoms with Crippen molar-refractivity contribution >= 4 is 6.29 Å². The molecule has 2 rings (SSSR count). The highest BCUT2D eigenvalue weighted by Gasteiger charge is 2.16. The fourth-order valence-corrected chi connectivity index (χ4v) is 2.14. The molecule has 0 atom stereocenters. The van der Waals surface area contributed by atoms with Gasteiger partial charge >= 0.3 is 0 Å². The second-order valence-corrected chi connectivity index (χ2v) is 6.19. The third-order valence-corrected chi connectivity index (χ3v) is 3.41. The number of halogens is 1. The van der Waals surface area contributed by atoms with Crippen LogP contribution < -0.4 is 0 Å². The Bertz CT molecular complexity index is 621. The van der Waals surface area contributed by atoms with E-state index in [1.165, 1.54) is 6.07 Å². The van der Waals surface area contributed by atoms with Crippen LogP contribution in [0, 0.1) is 11.2 Å². The van der Waals surface area contributed by atoms with Crippen LogP contribution in [-0.4, -0.2) is 12.9 Å². The van der Waals surface area contributed by atoms with Gasteiger partial charge in [0.25, 0.3) is 0 Å².